The second-order valence-electron chi connectivity index (χ2n) is 4.94. The molecule has 1 aromatic rings. The molecule has 1 aliphatic rings. The smallest absolute Gasteiger partial charge is 0.323 e. The number of carbonyl (C=O) groups is 3. The zero-order valence-electron chi connectivity index (χ0n) is 12.0. The molecule has 0 unspecified atom stereocenters. The summed E-state index contributed by atoms with van der Waals surface area (Å²) in [4.78, 5) is 35.3. The maximum atomic E-state index is 12.4. The molecule has 0 aliphatic carbocycles. The van der Waals surface area contributed by atoms with Gasteiger partial charge in [0.15, 0.2) is 0 Å². The number of benzene rings is 1. The number of carboxylic acids is 2. The zero-order chi connectivity index (χ0) is 16.4. The van der Waals surface area contributed by atoms with Gasteiger partial charge in [-0.05, 0) is 25.0 Å². The number of carbonyl (C=O) groups excluding carboxylic acids is 3. The molecule has 7 nitrogen and oxygen atoms in total. The van der Waals surface area contributed by atoms with Gasteiger partial charge in [0.1, 0.15) is 5.37 Å². The van der Waals surface area contributed by atoms with Crippen LogP contribution < -0.4 is 15.5 Å². The van der Waals surface area contributed by atoms with E-state index in [1.165, 1.54) is 0 Å². The molecule has 0 aromatic heterocycles. The van der Waals surface area contributed by atoms with Crippen molar-refractivity contribution in [1.82, 2.24) is 4.90 Å². The molecule has 118 valence electrons. The Morgan fingerprint density at radius 1 is 1.18 bits per heavy atom. The molecule has 0 spiro atoms. The Morgan fingerprint density at radius 2 is 1.77 bits per heavy atom. The number of aliphatic carboxylic acids is 2. The van der Waals surface area contributed by atoms with Crippen LogP contribution >= 0.6 is 11.8 Å². The van der Waals surface area contributed by atoms with Crippen LogP contribution in [0.1, 0.15) is 11.1 Å². The predicted octanol–water partition coefficient (Wildman–Crippen LogP) is -0.921. The van der Waals surface area contributed by atoms with E-state index in [-0.39, 0.29) is 5.75 Å². The van der Waals surface area contributed by atoms with E-state index < -0.39 is 29.4 Å². The van der Waals surface area contributed by atoms with E-state index in [1.807, 2.05) is 6.07 Å². The molecule has 8 heteroatoms. The number of urea groups is 1. The summed E-state index contributed by atoms with van der Waals surface area (Å²) in [5.41, 5.74) is 2.10. The van der Waals surface area contributed by atoms with Gasteiger partial charge in [0, 0.05) is 11.4 Å². The summed E-state index contributed by atoms with van der Waals surface area (Å²) in [6.45, 7) is 3.57. The number of nitrogens with zero attached hydrogens (tertiary/aromatic N) is 1. The lowest BCUT2D eigenvalue weighted by Gasteiger charge is -2.30. The number of amides is 2. The van der Waals surface area contributed by atoms with Gasteiger partial charge in [-0.2, -0.15) is 0 Å². The minimum atomic E-state index is -1.51. The lowest BCUT2D eigenvalue weighted by molar-refractivity contribution is -0.313. The van der Waals surface area contributed by atoms with Crippen molar-refractivity contribution in [3.8, 4) is 0 Å². The van der Waals surface area contributed by atoms with Gasteiger partial charge in [-0.3, -0.25) is 4.90 Å². The third-order valence-corrected chi connectivity index (χ3v) is 4.67. The Hall–Kier alpha value is -2.22. The molecule has 0 saturated carbocycles. The number of hydrogen-bond donors (Lipinski definition) is 1. The van der Waals surface area contributed by atoms with Crippen LogP contribution in [0.3, 0.4) is 0 Å². The van der Waals surface area contributed by atoms with Crippen molar-refractivity contribution in [3.05, 3.63) is 29.3 Å². The van der Waals surface area contributed by atoms with E-state index in [9.17, 15) is 24.6 Å². The number of hydrogen-bond acceptors (Lipinski definition) is 6. The Labute approximate surface area is 131 Å². The molecule has 0 radical (unpaired) electrons. The fourth-order valence-electron chi connectivity index (χ4n) is 2.30. The van der Waals surface area contributed by atoms with E-state index in [2.05, 4.69) is 5.32 Å². The van der Waals surface area contributed by atoms with Crippen molar-refractivity contribution in [3.63, 3.8) is 0 Å². The highest BCUT2D eigenvalue weighted by molar-refractivity contribution is 8.00. The van der Waals surface area contributed by atoms with E-state index in [0.29, 0.717) is 5.69 Å². The first kappa shape index (κ1) is 16.2. The molecule has 1 heterocycles. The molecule has 2 atom stereocenters. The molecule has 0 bridgehead atoms. The average molecular weight is 322 g/mol. The SMILES string of the molecule is Cc1cccc(C)c1NC(=O)N1[C@@H](C(=O)[O-])SC[C@H]1C(=O)[O-]. The third kappa shape index (κ3) is 3.01. The second kappa shape index (κ2) is 6.27. The van der Waals surface area contributed by atoms with Gasteiger partial charge in [-0.25, -0.2) is 4.79 Å². The van der Waals surface area contributed by atoms with Crippen molar-refractivity contribution in [2.24, 2.45) is 0 Å². The monoisotopic (exact) mass is 322 g/mol. The van der Waals surface area contributed by atoms with Crippen LogP contribution in [-0.4, -0.2) is 40.0 Å². The normalized spacial score (nSPS) is 20.7. The van der Waals surface area contributed by atoms with E-state index in [4.69, 9.17) is 0 Å². The third-order valence-electron chi connectivity index (χ3n) is 3.42. The highest BCUT2D eigenvalue weighted by Gasteiger charge is 2.39. The molecular weight excluding hydrogens is 308 g/mol. The minimum Gasteiger partial charge on any atom is -0.548 e. The second-order valence-corrected chi connectivity index (χ2v) is 6.06. The van der Waals surface area contributed by atoms with Crippen LogP contribution in [0.4, 0.5) is 10.5 Å². The number of nitrogens with one attached hydrogen (secondary N) is 1. The number of aryl methyl sites for hydroxylation is 2. The van der Waals surface area contributed by atoms with Gasteiger partial charge in [-0.1, -0.05) is 18.2 Å². The number of rotatable bonds is 3. The molecule has 1 fully saturated rings. The molecular formula is C14H14N2O5S-2. The van der Waals surface area contributed by atoms with E-state index in [0.717, 1.165) is 27.8 Å². The van der Waals surface area contributed by atoms with Crippen LogP contribution in [0, 0.1) is 13.8 Å². The molecule has 2 rings (SSSR count). The van der Waals surface area contributed by atoms with Gasteiger partial charge in [0.05, 0.1) is 18.0 Å². The van der Waals surface area contributed by atoms with Crippen LogP contribution in [-0.2, 0) is 9.59 Å². The summed E-state index contributed by atoms with van der Waals surface area (Å²) in [5, 5.41) is 23.4. The first-order valence-electron chi connectivity index (χ1n) is 6.51. The number of carboxylic acid groups (broad SMARTS) is 2. The van der Waals surface area contributed by atoms with Crippen molar-refractivity contribution in [2.75, 3.05) is 11.1 Å². The number of thioether (sulfide) groups is 1. The topological polar surface area (TPSA) is 113 Å². The maximum Gasteiger partial charge on any atom is 0.323 e. The fraction of sp³-hybridized carbons (Fsp3) is 0.357. The molecule has 22 heavy (non-hydrogen) atoms. The zero-order valence-corrected chi connectivity index (χ0v) is 12.8. The summed E-state index contributed by atoms with van der Waals surface area (Å²) in [7, 11) is 0. The summed E-state index contributed by atoms with van der Waals surface area (Å²) >= 11 is 0.825. The van der Waals surface area contributed by atoms with Crippen LogP contribution in [0.25, 0.3) is 0 Å². The molecule has 1 aliphatic heterocycles. The van der Waals surface area contributed by atoms with Crippen LogP contribution in [0.5, 0.6) is 0 Å². The minimum absolute atomic E-state index is 0.0544. The first-order valence-corrected chi connectivity index (χ1v) is 7.56. The Morgan fingerprint density at radius 3 is 2.27 bits per heavy atom. The van der Waals surface area contributed by atoms with Gasteiger partial charge in [0.2, 0.25) is 0 Å². The van der Waals surface area contributed by atoms with E-state index in [1.54, 1.807) is 26.0 Å². The highest BCUT2D eigenvalue weighted by Crippen LogP contribution is 2.30. The lowest BCUT2D eigenvalue weighted by atomic mass is 10.1. The first-order chi connectivity index (χ1) is 10.3. The Kier molecular flexibility index (Phi) is 4.60. The van der Waals surface area contributed by atoms with Crippen molar-refractivity contribution >= 4 is 35.4 Å². The van der Waals surface area contributed by atoms with Crippen LogP contribution in [0.2, 0.25) is 0 Å². The van der Waals surface area contributed by atoms with Crippen molar-refractivity contribution in [1.29, 1.82) is 0 Å². The molecule has 1 saturated heterocycles. The van der Waals surface area contributed by atoms with Crippen molar-refractivity contribution in [2.45, 2.75) is 25.3 Å². The molecule has 2 amide bonds. The van der Waals surface area contributed by atoms with Crippen LogP contribution in [0.15, 0.2) is 18.2 Å². The summed E-state index contributed by atoms with van der Waals surface area (Å²) < 4.78 is 0. The quantitative estimate of drug-likeness (QED) is 0.770. The maximum absolute atomic E-state index is 12.4. The average Bonchev–Trinajstić information content (AvgIpc) is 2.88. The van der Waals surface area contributed by atoms with Gasteiger partial charge >= 0.3 is 6.03 Å². The summed E-state index contributed by atoms with van der Waals surface area (Å²) in [5.74, 6) is -3.06. The van der Waals surface area contributed by atoms with Gasteiger partial charge < -0.3 is 25.1 Å². The van der Waals surface area contributed by atoms with E-state index >= 15 is 0 Å². The highest BCUT2D eigenvalue weighted by atomic mass is 32.2. The Bertz CT molecular complexity index is 591. The number of anilines is 1. The predicted molar refractivity (Wildman–Crippen MR) is 76.8 cm³/mol. The summed E-state index contributed by atoms with van der Waals surface area (Å²) in [6, 6.07) is 3.28. The summed E-state index contributed by atoms with van der Waals surface area (Å²) in [6.07, 6.45) is 0. The molecule has 1 N–H and O–H groups in total. The number of para-hydroxylation sites is 1. The largest absolute Gasteiger partial charge is 0.548 e. The van der Waals surface area contributed by atoms with Crippen molar-refractivity contribution < 1.29 is 24.6 Å². The standard InChI is InChI=1S/C14H16N2O5S/c1-7-4-3-5-8(2)10(7)15-14(21)16-9(12(17)18)6-22-11(16)13(19)20/h3-5,9,11H,6H2,1-2H3,(H,15,21)(H,17,18)(H,19,20)/p-2/t9-,11+/m0/s1. The lowest BCUT2D eigenvalue weighted by Crippen LogP contribution is -2.55. The van der Waals surface area contributed by atoms with Gasteiger partial charge in [0.25, 0.3) is 0 Å². The fourth-order valence-corrected chi connectivity index (χ4v) is 3.50. The Balaban J connectivity index is 2.28. The van der Waals surface area contributed by atoms with Gasteiger partial charge in [-0.15, -0.1) is 11.8 Å². The molecule has 1 aromatic carbocycles.